The summed E-state index contributed by atoms with van der Waals surface area (Å²) in [5, 5.41) is 7.85. The fraction of sp³-hybridized carbons (Fsp3) is 0.500. The van der Waals surface area contributed by atoms with Gasteiger partial charge in [-0.05, 0) is 31.7 Å². The molecule has 1 aromatic carbocycles. The van der Waals surface area contributed by atoms with Crippen molar-refractivity contribution in [1.82, 2.24) is 4.72 Å². The van der Waals surface area contributed by atoms with Gasteiger partial charge in [0.15, 0.2) is 5.25 Å². The molecule has 0 saturated heterocycles. The van der Waals surface area contributed by atoms with Gasteiger partial charge in [-0.1, -0.05) is 37.3 Å². The molecule has 104 valence electrons. The number of benzene rings is 1. The fourth-order valence-electron chi connectivity index (χ4n) is 1.83. The number of aryl methyl sites for hydroxylation is 1. The minimum Gasteiger partial charge on any atom is -0.211 e. The van der Waals surface area contributed by atoms with Crippen LogP contribution in [0, 0.1) is 11.3 Å². The molecule has 0 spiro atoms. The van der Waals surface area contributed by atoms with Gasteiger partial charge >= 0.3 is 0 Å². The van der Waals surface area contributed by atoms with E-state index in [-0.39, 0.29) is 6.04 Å². The number of rotatable bonds is 7. The smallest absolute Gasteiger partial charge is 0.211 e. The van der Waals surface area contributed by atoms with Gasteiger partial charge in [-0.3, -0.25) is 0 Å². The van der Waals surface area contributed by atoms with E-state index < -0.39 is 15.3 Å². The first-order chi connectivity index (χ1) is 8.99. The lowest BCUT2D eigenvalue weighted by Gasteiger charge is -2.16. The van der Waals surface area contributed by atoms with Gasteiger partial charge < -0.3 is 0 Å². The summed E-state index contributed by atoms with van der Waals surface area (Å²) >= 11 is 0. The predicted molar refractivity (Wildman–Crippen MR) is 76.0 cm³/mol. The Labute approximate surface area is 115 Å². The van der Waals surface area contributed by atoms with Crippen molar-refractivity contribution in [3.63, 3.8) is 0 Å². The molecule has 1 N–H and O–H groups in total. The van der Waals surface area contributed by atoms with Crippen LogP contribution < -0.4 is 4.72 Å². The zero-order chi connectivity index (χ0) is 14.3. The van der Waals surface area contributed by atoms with Crippen LogP contribution >= 0.6 is 0 Å². The fourth-order valence-corrected chi connectivity index (χ4v) is 3.25. The Kier molecular flexibility index (Phi) is 6.00. The molecular weight excluding hydrogens is 260 g/mol. The number of hydrogen-bond donors (Lipinski definition) is 1. The molecule has 0 aliphatic rings. The van der Waals surface area contributed by atoms with Crippen LogP contribution in [0.15, 0.2) is 30.3 Å². The molecular formula is C14H20N2O2S. The first-order valence-electron chi connectivity index (χ1n) is 6.44. The quantitative estimate of drug-likeness (QED) is 0.832. The number of nitriles is 1. The maximum atomic E-state index is 11.9. The highest BCUT2D eigenvalue weighted by atomic mass is 32.2. The highest BCUT2D eigenvalue weighted by molar-refractivity contribution is 7.90. The van der Waals surface area contributed by atoms with Crippen molar-refractivity contribution in [3.05, 3.63) is 35.9 Å². The lowest BCUT2D eigenvalue weighted by atomic mass is 10.1. The van der Waals surface area contributed by atoms with E-state index >= 15 is 0 Å². The highest BCUT2D eigenvalue weighted by Gasteiger charge is 2.24. The van der Waals surface area contributed by atoms with Crippen molar-refractivity contribution in [2.45, 2.75) is 44.4 Å². The molecule has 0 heterocycles. The monoisotopic (exact) mass is 280 g/mol. The molecule has 0 bridgehead atoms. The zero-order valence-electron chi connectivity index (χ0n) is 11.3. The lowest BCUT2D eigenvalue weighted by Crippen LogP contribution is -2.39. The highest BCUT2D eigenvalue weighted by Crippen LogP contribution is 2.08. The van der Waals surface area contributed by atoms with E-state index in [4.69, 9.17) is 5.26 Å². The van der Waals surface area contributed by atoms with Crippen LogP contribution in [-0.2, 0) is 16.4 Å². The van der Waals surface area contributed by atoms with E-state index in [1.165, 1.54) is 5.56 Å². The summed E-state index contributed by atoms with van der Waals surface area (Å²) in [6, 6.07) is 11.6. The summed E-state index contributed by atoms with van der Waals surface area (Å²) < 4.78 is 26.3. The standard InChI is InChI=1S/C14H20N2O2S/c1-3-14(11-15)19(17,18)16-12(2)9-10-13-7-5-4-6-8-13/h4-8,12,14,16H,3,9-10H2,1-2H3. The van der Waals surface area contributed by atoms with Crippen molar-refractivity contribution in [2.75, 3.05) is 0 Å². The average molecular weight is 280 g/mol. The maximum absolute atomic E-state index is 11.9. The summed E-state index contributed by atoms with van der Waals surface area (Å²) in [5.41, 5.74) is 1.18. The summed E-state index contributed by atoms with van der Waals surface area (Å²) in [4.78, 5) is 0. The Morgan fingerprint density at radius 3 is 2.47 bits per heavy atom. The second kappa shape index (κ2) is 7.27. The molecule has 4 nitrogen and oxygen atoms in total. The van der Waals surface area contributed by atoms with Crippen LogP contribution in [0.3, 0.4) is 0 Å². The Hall–Kier alpha value is -1.38. The van der Waals surface area contributed by atoms with E-state index in [1.807, 2.05) is 43.3 Å². The molecule has 1 aromatic rings. The molecule has 19 heavy (non-hydrogen) atoms. The largest absolute Gasteiger partial charge is 0.228 e. The molecule has 0 aliphatic carbocycles. The molecule has 5 heteroatoms. The third-order valence-corrected chi connectivity index (χ3v) is 4.88. The summed E-state index contributed by atoms with van der Waals surface area (Å²) in [7, 11) is -3.54. The van der Waals surface area contributed by atoms with Crippen molar-refractivity contribution >= 4 is 10.0 Å². The molecule has 1 rings (SSSR count). The molecule has 2 atom stereocenters. The van der Waals surface area contributed by atoms with Gasteiger partial charge in [-0.15, -0.1) is 0 Å². The third kappa shape index (κ3) is 5.01. The predicted octanol–water partition coefficient (Wildman–Crippen LogP) is 2.23. The molecule has 2 unspecified atom stereocenters. The molecule has 0 aromatic heterocycles. The Morgan fingerprint density at radius 2 is 1.95 bits per heavy atom. The van der Waals surface area contributed by atoms with Crippen LogP contribution in [0.1, 0.15) is 32.3 Å². The number of sulfonamides is 1. The van der Waals surface area contributed by atoms with Crippen LogP contribution in [0.2, 0.25) is 0 Å². The number of nitrogens with zero attached hydrogens (tertiary/aromatic N) is 1. The lowest BCUT2D eigenvalue weighted by molar-refractivity contribution is 0.540. The molecule has 0 amide bonds. The zero-order valence-corrected chi connectivity index (χ0v) is 12.2. The first-order valence-corrected chi connectivity index (χ1v) is 7.99. The van der Waals surface area contributed by atoms with E-state index in [9.17, 15) is 8.42 Å². The topological polar surface area (TPSA) is 70.0 Å². The third-order valence-electron chi connectivity index (χ3n) is 2.96. The molecule has 0 saturated carbocycles. The van der Waals surface area contributed by atoms with E-state index in [0.717, 1.165) is 6.42 Å². The van der Waals surface area contributed by atoms with E-state index in [2.05, 4.69) is 4.72 Å². The van der Waals surface area contributed by atoms with Gasteiger partial charge in [0.2, 0.25) is 10.0 Å². The second-order valence-corrected chi connectivity index (χ2v) is 6.51. The second-order valence-electron chi connectivity index (χ2n) is 4.61. The van der Waals surface area contributed by atoms with Crippen molar-refractivity contribution in [1.29, 1.82) is 5.26 Å². The van der Waals surface area contributed by atoms with Crippen LogP contribution in [0.25, 0.3) is 0 Å². The summed E-state index contributed by atoms with van der Waals surface area (Å²) in [6.07, 6.45) is 1.83. The van der Waals surface area contributed by atoms with Gasteiger partial charge in [-0.2, -0.15) is 5.26 Å². The Morgan fingerprint density at radius 1 is 1.32 bits per heavy atom. The van der Waals surface area contributed by atoms with Gasteiger partial charge in [-0.25, -0.2) is 13.1 Å². The number of nitrogens with one attached hydrogen (secondary N) is 1. The maximum Gasteiger partial charge on any atom is 0.228 e. The van der Waals surface area contributed by atoms with E-state index in [0.29, 0.717) is 12.8 Å². The summed E-state index contributed by atoms with van der Waals surface area (Å²) in [6.45, 7) is 3.52. The van der Waals surface area contributed by atoms with Crippen molar-refractivity contribution < 1.29 is 8.42 Å². The van der Waals surface area contributed by atoms with Crippen LogP contribution in [-0.4, -0.2) is 19.7 Å². The average Bonchev–Trinajstić information content (AvgIpc) is 2.38. The van der Waals surface area contributed by atoms with Crippen LogP contribution in [0.4, 0.5) is 0 Å². The van der Waals surface area contributed by atoms with Crippen molar-refractivity contribution in [2.24, 2.45) is 0 Å². The first kappa shape index (κ1) is 15.7. The molecule has 0 fully saturated rings. The minimum absolute atomic E-state index is 0.174. The van der Waals surface area contributed by atoms with E-state index in [1.54, 1.807) is 6.92 Å². The van der Waals surface area contributed by atoms with Gasteiger partial charge in [0.25, 0.3) is 0 Å². The molecule has 0 aliphatic heterocycles. The number of hydrogen-bond acceptors (Lipinski definition) is 3. The van der Waals surface area contributed by atoms with Gasteiger partial charge in [0, 0.05) is 6.04 Å². The van der Waals surface area contributed by atoms with Crippen LogP contribution in [0.5, 0.6) is 0 Å². The SMILES string of the molecule is CCC(C#N)S(=O)(=O)NC(C)CCc1ccccc1. The normalized spacial score (nSPS) is 14.6. The van der Waals surface area contributed by atoms with Gasteiger partial charge in [0.05, 0.1) is 6.07 Å². The van der Waals surface area contributed by atoms with Gasteiger partial charge in [0.1, 0.15) is 0 Å². The van der Waals surface area contributed by atoms with Crippen molar-refractivity contribution in [3.8, 4) is 6.07 Å². The molecule has 0 radical (unpaired) electrons. The Bertz CT molecular complexity index is 520. The minimum atomic E-state index is -3.54. The summed E-state index contributed by atoms with van der Waals surface area (Å²) in [5.74, 6) is 0. The Balaban J connectivity index is 2.52.